The first-order valence-corrected chi connectivity index (χ1v) is 9.87. The summed E-state index contributed by atoms with van der Waals surface area (Å²) in [6.45, 7) is 3.29. The smallest absolute Gasteiger partial charge is 0.326 e. The number of esters is 1. The van der Waals surface area contributed by atoms with Gasteiger partial charge in [-0.15, -0.1) is 0 Å². The first-order valence-electron chi connectivity index (χ1n) is 9.87. The van der Waals surface area contributed by atoms with Crippen molar-refractivity contribution in [3.8, 4) is 5.75 Å². The van der Waals surface area contributed by atoms with E-state index in [-0.39, 0.29) is 0 Å². The molecule has 2 aromatic rings. The summed E-state index contributed by atoms with van der Waals surface area (Å²) < 4.78 is 50.2. The van der Waals surface area contributed by atoms with E-state index in [1.54, 1.807) is 12.1 Å². The Kier molecular flexibility index (Phi) is 9.06. The molecule has 0 saturated heterocycles. The molecule has 0 fully saturated rings. The minimum atomic E-state index is -1.74. The van der Waals surface area contributed by atoms with Crippen LogP contribution in [0.1, 0.15) is 37.0 Å². The van der Waals surface area contributed by atoms with E-state index < -0.39 is 53.6 Å². The quantitative estimate of drug-likeness (QED) is 0.327. The van der Waals surface area contributed by atoms with Crippen molar-refractivity contribution in [3.63, 3.8) is 0 Å². The van der Waals surface area contributed by atoms with Crippen molar-refractivity contribution in [1.82, 2.24) is 5.32 Å². The van der Waals surface area contributed by atoms with Gasteiger partial charge in [0.2, 0.25) is 0 Å². The predicted octanol–water partition coefficient (Wildman–Crippen LogP) is 3.58. The van der Waals surface area contributed by atoms with Gasteiger partial charge in [-0.25, -0.2) is 13.2 Å². The summed E-state index contributed by atoms with van der Waals surface area (Å²) in [4.78, 5) is 36.0. The van der Waals surface area contributed by atoms with Crippen LogP contribution >= 0.6 is 0 Å². The molecule has 0 aromatic heterocycles. The van der Waals surface area contributed by atoms with E-state index in [4.69, 9.17) is 9.47 Å². The number of hydrogen-bond acceptors (Lipinski definition) is 5. The van der Waals surface area contributed by atoms with Gasteiger partial charge in [0.15, 0.2) is 23.6 Å². The molecule has 1 atom stereocenters. The van der Waals surface area contributed by atoms with Crippen molar-refractivity contribution in [2.24, 2.45) is 0 Å². The van der Waals surface area contributed by atoms with Crippen molar-refractivity contribution >= 4 is 23.5 Å². The molecule has 2 rings (SSSR count). The zero-order chi connectivity index (χ0) is 23.7. The first kappa shape index (κ1) is 24.7. The lowest BCUT2D eigenvalue weighted by molar-refractivity contribution is -0.152. The van der Waals surface area contributed by atoms with Gasteiger partial charge in [0.25, 0.3) is 11.8 Å². The van der Waals surface area contributed by atoms with Crippen LogP contribution in [0.25, 0.3) is 0 Å². The fourth-order valence-corrected chi connectivity index (χ4v) is 2.44. The molecule has 2 aromatic carbocycles. The number of rotatable bonds is 10. The van der Waals surface area contributed by atoms with Gasteiger partial charge in [0.1, 0.15) is 12.3 Å². The van der Waals surface area contributed by atoms with Gasteiger partial charge in [0, 0.05) is 5.56 Å². The molecule has 10 heteroatoms. The third kappa shape index (κ3) is 7.00. The Bertz CT molecular complexity index is 967. The lowest BCUT2D eigenvalue weighted by Gasteiger charge is -2.14. The molecule has 0 saturated carbocycles. The molecule has 0 spiro atoms. The van der Waals surface area contributed by atoms with Crippen LogP contribution in [0.2, 0.25) is 0 Å². The SMILES string of the molecule is CCCCOc1ccc(C(=O)NCC(=O)O[C@@H](C)C(=O)Nc2ccc(F)c(F)c2F)cc1. The van der Waals surface area contributed by atoms with Crippen LogP contribution in [-0.2, 0) is 14.3 Å². The Morgan fingerprint density at radius 3 is 2.34 bits per heavy atom. The van der Waals surface area contributed by atoms with Crippen LogP contribution < -0.4 is 15.4 Å². The fourth-order valence-electron chi connectivity index (χ4n) is 2.44. The predicted molar refractivity (Wildman–Crippen MR) is 110 cm³/mol. The van der Waals surface area contributed by atoms with Gasteiger partial charge in [0.05, 0.1) is 12.3 Å². The lowest BCUT2D eigenvalue weighted by Crippen LogP contribution is -2.36. The standard InChI is InChI=1S/C22H23F3N2O5/c1-3-4-11-31-15-7-5-14(6-8-15)22(30)26-12-18(28)32-13(2)21(29)27-17-10-9-16(23)19(24)20(17)25/h5-10,13H,3-4,11-12H2,1-2H3,(H,26,30)(H,27,29)/t13-/m0/s1. The first-order chi connectivity index (χ1) is 15.2. The van der Waals surface area contributed by atoms with Crippen molar-refractivity contribution in [1.29, 1.82) is 0 Å². The normalized spacial score (nSPS) is 11.4. The van der Waals surface area contributed by atoms with E-state index in [0.717, 1.165) is 18.9 Å². The number of unbranched alkanes of at least 4 members (excludes halogenated alkanes) is 1. The maximum absolute atomic E-state index is 13.6. The van der Waals surface area contributed by atoms with E-state index in [9.17, 15) is 27.6 Å². The van der Waals surface area contributed by atoms with Crippen LogP contribution in [0.5, 0.6) is 5.75 Å². The van der Waals surface area contributed by atoms with E-state index in [0.29, 0.717) is 24.0 Å². The highest BCUT2D eigenvalue weighted by Crippen LogP contribution is 2.20. The van der Waals surface area contributed by atoms with Crippen LogP contribution in [0.15, 0.2) is 36.4 Å². The van der Waals surface area contributed by atoms with Crippen molar-refractivity contribution in [2.45, 2.75) is 32.8 Å². The number of ether oxygens (including phenoxy) is 2. The molecule has 0 bridgehead atoms. The number of hydrogen-bond donors (Lipinski definition) is 2. The van der Waals surface area contributed by atoms with Gasteiger partial charge in [-0.2, -0.15) is 0 Å². The second-order valence-electron chi connectivity index (χ2n) is 6.75. The monoisotopic (exact) mass is 452 g/mol. The van der Waals surface area contributed by atoms with Crippen molar-refractivity contribution in [3.05, 3.63) is 59.4 Å². The molecule has 2 N–H and O–H groups in total. The molecule has 0 radical (unpaired) electrons. The molecule has 2 amide bonds. The molecule has 172 valence electrons. The highest BCUT2D eigenvalue weighted by Gasteiger charge is 2.21. The number of benzene rings is 2. The number of amides is 2. The molecule has 0 aliphatic carbocycles. The number of nitrogens with one attached hydrogen (secondary N) is 2. The van der Waals surface area contributed by atoms with E-state index in [1.165, 1.54) is 19.1 Å². The maximum atomic E-state index is 13.6. The Morgan fingerprint density at radius 1 is 1.00 bits per heavy atom. The molecule has 0 aliphatic rings. The number of carbonyl (C=O) groups is 3. The van der Waals surface area contributed by atoms with E-state index in [1.807, 2.05) is 12.2 Å². The minimum Gasteiger partial charge on any atom is -0.494 e. The van der Waals surface area contributed by atoms with E-state index >= 15 is 0 Å². The molecule has 0 unspecified atom stereocenters. The molecular formula is C22H23F3N2O5. The highest BCUT2D eigenvalue weighted by molar-refractivity contribution is 5.97. The molecule has 7 nitrogen and oxygen atoms in total. The Labute approximate surface area is 182 Å². The van der Waals surface area contributed by atoms with Gasteiger partial charge in [-0.1, -0.05) is 13.3 Å². The van der Waals surface area contributed by atoms with Crippen LogP contribution in [0, 0.1) is 17.5 Å². The largest absolute Gasteiger partial charge is 0.494 e. The van der Waals surface area contributed by atoms with Gasteiger partial charge >= 0.3 is 5.97 Å². The van der Waals surface area contributed by atoms with Crippen molar-refractivity contribution in [2.75, 3.05) is 18.5 Å². The molecule has 0 aliphatic heterocycles. The number of halogens is 3. The average molecular weight is 452 g/mol. The summed E-state index contributed by atoms with van der Waals surface area (Å²) in [6.07, 6.45) is 0.529. The number of carbonyl (C=O) groups excluding carboxylic acids is 3. The Balaban J connectivity index is 1.81. The summed E-state index contributed by atoms with van der Waals surface area (Å²) in [5.41, 5.74) is -0.313. The fraction of sp³-hybridized carbons (Fsp3) is 0.318. The summed E-state index contributed by atoms with van der Waals surface area (Å²) in [7, 11) is 0. The molecular weight excluding hydrogens is 429 g/mol. The van der Waals surface area contributed by atoms with Crippen LogP contribution in [-0.4, -0.2) is 37.0 Å². The lowest BCUT2D eigenvalue weighted by atomic mass is 10.2. The van der Waals surface area contributed by atoms with Gasteiger partial charge < -0.3 is 20.1 Å². The van der Waals surface area contributed by atoms with Crippen LogP contribution in [0.3, 0.4) is 0 Å². The summed E-state index contributed by atoms with van der Waals surface area (Å²) >= 11 is 0. The summed E-state index contributed by atoms with van der Waals surface area (Å²) in [5.74, 6) is -6.54. The summed E-state index contributed by atoms with van der Waals surface area (Å²) in [5, 5.41) is 4.35. The molecule has 32 heavy (non-hydrogen) atoms. The van der Waals surface area contributed by atoms with Crippen molar-refractivity contribution < 1.29 is 37.0 Å². The Morgan fingerprint density at radius 2 is 1.69 bits per heavy atom. The Hall–Kier alpha value is -3.56. The molecule has 0 heterocycles. The zero-order valence-corrected chi connectivity index (χ0v) is 17.5. The average Bonchev–Trinajstić information content (AvgIpc) is 2.78. The third-order valence-corrected chi connectivity index (χ3v) is 4.25. The minimum absolute atomic E-state index is 0.292. The highest BCUT2D eigenvalue weighted by atomic mass is 19.2. The second-order valence-corrected chi connectivity index (χ2v) is 6.75. The zero-order valence-electron chi connectivity index (χ0n) is 17.5. The maximum Gasteiger partial charge on any atom is 0.326 e. The van der Waals surface area contributed by atoms with Gasteiger partial charge in [-0.3, -0.25) is 14.4 Å². The third-order valence-electron chi connectivity index (χ3n) is 4.25. The van der Waals surface area contributed by atoms with Gasteiger partial charge in [-0.05, 0) is 49.7 Å². The number of anilines is 1. The second kappa shape index (κ2) is 11.7. The van der Waals surface area contributed by atoms with E-state index in [2.05, 4.69) is 5.32 Å². The van der Waals surface area contributed by atoms with Crippen LogP contribution in [0.4, 0.5) is 18.9 Å². The topological polar surface area (TPSA) is 93.7 Å². The summed E-state index contributed by atoms with van der Waals surface area (Å²) in [6, 6.07) is 7.81.